The van der Waals surface area contributed by atoms with Crippen LogP contribution < -0.4 is 15.2 Å². The molecule has 0 aliphatic heterocycles. The monoisotopic (exact) mass is 294 g/mol. The van der Waals surface area contributed by atoms with Crippen molar-refractivity contribution in [3.8, 4) is 22.1 Å². The van der Waals surface area contributed by atoms with Gasteiger partial charge in [0.25, 0.3) is 0 Å². The van der Waals surface area contributed by atoms with Gasteiger partial charge in [-0.3, -0.25) is 0 Å². The highest BCUT2D eigenvalue weighted by Gasteiger charge is 2.13. The predicted octanol–water partition coefficient (Wildman–Crippen LogP) is 2.43. The van der Waals surface area contributed by atoms with Gasteiger partial charge in [-0.15, -0.1) is 11.3 Å². The molecule has 2 rings (SSSR count). The van der Waals surface area contributed by atoms with Crippen LogP contribution in [0.4, 0.5) is 0 Å². The van der Waals surface area contributed by atoms with E-state index in [0.29, 0.717) is 24.7 Å². The first kappa shape index (κ1) is 14.8. The van der Waals surface area contributed by atoms with Gasteiger partial charge in [0.1, 0.15) is 5.01 Å². The van der Waals surface area contributed by atoms with E-state index < -0.39 is 0 Å². The lowest BCUT2D eigenvalue weighted by molar-refractivity contribution is 0.181. The van der Waals surface area contributed by atoms with Gasteiger partial charge >= 0.3 is 0 Å². The van der Waals surface area contributed by atoms with E-state index in [4.69, 9.17) is 19.9 Å². The highest BCUT2D eigenvalue weighted by Crippen LogP contribution is 2.35. The Balaban J connectivity index is 2.40. The summed E-state index contributed by atoms with van der Waals surface area (Å²) in [6.45, 7) is 0.931. The van der Waals surface area contributed by atoms with E-state index in [1.54, 1.807) is 32.7 Å². The van der Waals surface area contributed by atoms with E-state index >= 15 is 0 Å². The van der Waals surface area contributed by atoms with Gasteiger partial charge in [0.2, 0.25) is 0 Å². The second kappa shape index (κ2) is 6.69. The van der Waals surface area contributed by atoms with E-state index in [1.807, 2.05) is 18.2 Å². The van der Waals surface area contributed by atoms with Crippen molar-refractivity contribution < 1.29 is 14.2 Å². The van der Waals surface area contributed by atoms with Gasteiger partial charge in [-0.25, -0.2) is 4.98 Å². The smallest absolute Gasteiger partial charge is 0.161 e. The zero-order valence-electron chi connectivity index (χ0n) is 11.8. The summed E-state index contributed by atoms with van der Waals surface area (Å²) < 4.78 is 15.7. The van der Waals surface area contributed by atoms with Crippen LogP contribution in [-0.4, -0.2) is 26.3 Å². The Bertz CT molecular complexity index is 584. The standard InChI is InChI=1S/C14H18N2O3S/c1-17-8-10-13(7-15)20-14(16-10)9-4-5-11(18-2)12(6-9)19-3/h4-6H,7-8,15H2,1-3H3. The van der Waals surface area contributed by atoms with Crippen LogP contribution in [-0.2, 0) is 17.9 Å². The highest BCUT2D eigenvalue weighted by atomic mass is 32.1. The SMILES string of the molecule is COCc1nc(-c2ccc(OC)c(OC)c2)sc1CN. The Kier molecular flexibility index (Phi) is 4.94. The molecule has 0 aliphatic carbocycles. The molecule has 108 valence electrons. The zero-order chi connectivity index (χ0) is 14.5. The minimum atomic E-state index is 0.462. The Labute approximate surface area is 122 Å². The van der Waals surface area contributed by atoms with Gasteiger partial charge in [0.15, 0.2) is 11.5 Å². The summed E-state index contributed by atoms with van der Waals surface area (Å²) in [6.07, 6.45) is 0. The molecule has 0 saturated heterocycles. The summed E-state index contributed by atoms with van der Waals surface area (Å²) in [7, 11) is 4.88. The molecule has 2 N–H and O–H groups in total. The molecule has 0 aliphatic rings. The maximum atomic E-state index is 5.74. The van der Waals surface area contributed by atoms with Crippen molar-refractivity contribution in [1.82, 2.24) is 4.98 Å². The second-order valence-electron chi connectivity index (χ2n) is 4.10. The number of hydrogen-bond acceptors (Lipinski definition) is 6. The molecule has 0 saturated carbocycles. The van der Waals surface area contributed by atoms with Gasteiger partial charge in [0.05, 0.1) is 26.5 Å². The van der Waals surface area contributed by atoms with Crippen molar-refractivity contribution in [1.29, 1.82) is 0 Å². The first-order valence-electron chi connectivity index (χ1n) is 6.13. The van der Waals surface area contributed by atoms with Crippen molar-refractivity contribution >= 4 is 11.3 Å². The molecule has 5 nitrogen and oxygen atoms in total. The third-order valence-electron chi connectivity index (χ3n) is 2.88. The third-order valence-corrected chi connectivity index (χ3v) is 4.04. The normalized spacial score (nSPS) is 10.6. The molecule has 0 bridgehead atoms. The quantitative estimate of drug-likeness (QED) is 0.886. The van der Waals surface area contributed by atoms with E-state index in [1.165, 1.54) is 0 Å². The number of thiazole rings is 1. The van der Waals surface area contributed by atoms with Crippen molar-refractivity contribution in [2.75, 3.05) is 21.3 Å². The van der Waals surface area contributed by atoms with E-state index in [0.717, 1.165) is 21.1 Å². The number of methoxy groups -OCH3 is 3. The summed E-state index contributed by atoms with van der Waals surface area (Å²) >= 11 is 1.57. The fourth-order valence-corrected chi connectivity index (χ4v) is 2.82. The number of nitrogens with two attached hydrogens (primary N) is 1. The summed E-state index contributed by atoms with van der Waals surface area (Å²) in [5.74, 6) is 1.38. The average molecular weight is 294 g/mol. The predicted molar refractivity (Wildman–Crippen MR) is 79.3 cm³/mol. The van der Waals surface area contributed by atoms with Gasteiger partial charge in [-0.05, 0) is 18.2 Å². The molecule has 0 radical (unpaired) electrons. The van der Waals surface area contributed by atoms with Crippen LogP contribution in [0, 0.1) is 0 Å². The lowest BCUT2D eigenvalue weighted by Gasteiger charge is -2.08. The third kappa shape index (κ3) is 2.92. The lowest BCUT2D eigenvalue weighted by Crippen LogP contribution is -1.99. The fraction of sp³-hybridized carbons (Fsp3) is 0.357. The largest absolute Gasteiger partial charge is 0.493 e. The van der Waals surface area contributed by atoms with Crippen molar-refractivity contribution in [2.45, 2.75) is 13.2 Å². The topological polar surface area (TPSA) is 66.6 Å². The molecule has 1 aromatic carbocycles. The van der Waals surface area contributed by atoms with Crippen LogP contribution in [0.25, 0.3) is 10.6 Å². The molecule has 0 amide bonds. The summed E-state index contributed by atoms with van der Waals surface area (Å²) in [5, 5.41) is 0.901. The molecule has 1 heterocycles. The average Bonchev–Trinajstić information content (AvgIpc) is 2.90. The summed E-state index contributed by atoms with van der Waals surface area (Å²) in [6, 6.07) is 5.74. The first-order chi connectivity index (χ1) is 9.73. The summed E-state index contributed by atoms with van der Waals surface area (Å²) in [4.78, 5) is 5.63. The van der Waals surface area contributed by atoms with Crippen molar-refractivity contribution in [3.63, 3.8) is 0 Å². The van der Waals surface area contributed by atoms with Crippen molar-refractivity contribution in [3.05, 3.63) is 28.8 Å². The number of benzene rings is 1. The van der Waals surface area contributed by atoms with Crippen LogP contribution in [0.2, 0.25) is 0 Å². The Hall–Kier alpha value is -1.63. The number of hydrogen-bond donors (Lipinski definition) is 1. The van der Waals surface area contributed by atoms with Gasteiger partial charge < -0.3 is 19.9 Å². The maximum Gasteiger partial charge on any atom is 0.161 e. The van der Waals surface area contributed by atoms with Gasteiger partial charge in [-0.1, -0.05) is 0 Å². The molecular formula is C14H18N2O3S. The number of aromatic nitrogens is 1. The molecule has 20 heavy (non-hydrogen) atoms. The second-order valence-corrected chi connectivity index (χ2v) is 5.18. The minimum absolute atomic E-state index is 0.462. The number of nitrogens with zero attached hydrogens (tertiary/aromatic N) is 1. The molecule has 1 aromatic heterocycles. The van der Waals surface area contributed by atoms with Crippen LogP contribution >= 0.6 is 11.3 Å². The molecule has 2 aromatic rings. The number of rotatable bonds is 6. The highest BCUT2D eigenvalue weighted by molar-refractivity contribution is 7.15. The Morgan fingerprint density at radius 1 is 1.15 bits per heavy atom. The van der Waals surface area contributed by atoms with E-state index in [-0.39, 0.29) is 0 Å². The van der Waals surface area contributed by atoms with E-state index in [2.05, 4.69) is 4.98 Å². The zero-order valence-corrected chi connectivity index (χ0v) is 12.6. The Morgan fingerprint density at radius 2 is 1.90 bits per heavy atom. The molecule has 0 fully saturated rings. The minimum Gasteiger partial charge on any atom is -0.493 e. The van der Waals surface area contributed by atoms with Gasteiger partial charge in [-0.2, -0.15) is 0 Å². The lowest BCUT2D eigenvalue weighted by atomic mass is 10.2. The fourth-order valence-electron chi connectivity index (χ4n) is 1.89. The Morgan fingerprint density at radius 3 is 2.50 bits per heavy atom. The van der Waals surface area contributed by atoms with Crippen LogP contribution in [0.1, 0.15) is 10.6 Å². The number of ether oxygens (including phenoxy) is 3. The molecule has 6 heteroatoms. The van der Waals surface area contributed by atoms with Crippen LogP contribution in [0.3, 0.4) is 0 Å². The van der Waals surface area contributed by atoms with Crippen LogP contribution in [0.15, 0.2) is 18.2 Å². The first-order valence-corrected chi connectivity index (χ1v) is 6.95. The van der Waals surface area contributed by atoms with Crippen LogP contribution in [0.5, 0.6) is 11.5 Å². The maximum absolute atomic E-state index is 5.74. The van der Waals surface area contributed by atoms with Crippen molar-refractivity contribution in [2.24, 2.45) is 5.73 Å². The van der Waals surface area contributed by atoms with Gasteiger partial charge in [0, 0.05) is 24.1 Å². The van der Waals surface area contributed by atoms with E-state index in [9.17, 15) is 0 Å². The molecule has 0 spiro atoms. The molecular weight excluding hydrogens is 276 g/mol. The summed E-state index contributed by atoms with van der Waals surface area (Å²) in [5.41, 5.74) is 7.61. The molecule has 0 unspecified atom stereocenters. The molecule has 0 atom stereocenters.